The number of piperazine rings is 1. The lowest BCUT2D eigenvalue weighted by atomic mass is 10.1. The van der Waals surface area contributed by atoms with Gasteiger partial charge >= 0.3 is 0 Å². The fourth-order valence-electron chi connectivity index (χ4n) is 3.66. The highest BCUT2D eigenvalue weighted by molar-refractivity contribution is 8.00. The van der Waals surface area contributed by atoms with Crippen LogP contribution in [0.4, 0.5) is 0 Å². The fourth-order valence-corrected chi connectivity index (χ4v) is 4.79. The molecule has 4 heteroatoms. The minimum absolute atomic E-state index is 0.209. The number of nitrogens with zero attached hydrogens (tertiary/aromatic N) is 2. The van der Waals surface area contributed by atoms with Gasteiger partial charge in [-0.3, -0.25) is 9.69 Å². The molecule has 1 aliphatic rings. The minimum Gasteiger partial charge on any atom is -0.339 e. The highest BCUT2D eigenvalue weighted by Gasteiger charge is 2.29. The van der Waals surface area contributed by atoms with Gasteiger partial charge in [-0.05, 0) is 23.3 Å². The Kier molecular flexibility index (Phi) is 6.65. The summed E-state index contributed by atoms with van der Waals surface area (Å²) in [5.41, 5.74) is 2.40. The molecule has 1 atom stereocenters. The van der Waals surface area contributed by atoms with Crippen LogP contribution in [0.5, 0.6) is 0 Å². The average molecular weight is 403 g/mol. The molecule has 0 aromatic heterocycles. The lowest BCUT2D eigenvalue weighted by Gasteiger charge is -2.36. The molecule has 3 aromatic rings. The van der Waals surface area contributed by atoms with Crippen LogP contribution in [0.15, 0.2) is 95.9 Å². The van der Waals surface area contributed by atoms with Crippen molar-refractivity contribution in [1.82, 2.24) is 9.80 Å². The third-order valence-corrected chi connectivity index (χ3v) is 6.51. The number of hydrogen-bond donors (Lipinski definition) is 0. The monoisotopic (exact) mass is 402 g/mol. The van der Waals surface area contributed by atoms with Crippen molar-refractivity contribution < 1.29 is 4.79 Å². The Balaban J connectivity index is 1.43. The summed E-state index contributed by atoms with van der Waals surface area (Å²) < 4.78 is 0. The van der Waals surface area contributed by atoms with Crippen molar-refractivity contribution in [3.63, 3.8) is 0 Å². The van der Waals surface area contributed by atoms with Crippen molar-refractivity contribution in [1.29, 1.82) is 0 Å². The predicted molar refractivity (Wildman–Crippen MR) is 120 cm³/mol. The molecule has 0 unspecified atom stereocenters. The Morgan fingerprint density at radius 2 is 1.31 bits per heavy atom. The zero-order chi connectivity index (χ0) is 19.9. The summed E-state index contributed by atoms with van der Waals surface area (Å²) in [4.78, 5) is 19.0. The molecule has 0 aliphatic carbocycles. The molecular weight excluding hydrogens is 376 g/mol. The van der Waals surface area contributed by atoms with Crippen LogP contribution in [-0.2, 0) is 11.3 Å². The Hall–Kier alpha value is -2.56. The van der Waals surface area contributed by atoms with Crippen LogP contribution < -0.4 is 0 Å². The van der Waals surface area contributed by atoms with Crippen molar-refractivity contribution >= 4 is 17.7 Å². The molecule has 29 heavy (non-hydrogen) atoms. The second-order valence-electron chi connectivity index (χ2n) is 7.31. The molecule has 1 saturated heterocycles. The van der Waals surface area contributed by atoms with Crippen LogP contribution in [0, 0.1) is 0 Å². The van der Waals surface area contributed by atoms with Gasteiger partial charge in [0, 0.05) is 37.6 Å². The highest BCUT2D eigenvalue weighted by Crippen LogP contribution is 2.36. The van der Waals surface area contributed by atoms with Crippen LogP contribution in [0.25, 0.3) is 0 Å². The Morgan fingerprint density at radius 1 is 0.759 bits per heavy atom. The quantitative estimate of drug-likeness (QED) is 0.550. The molecule has 1 amide bonds. The van der Waals surface area contributed by atoms with E-state index in [-0.39, 0.29) is 11.2 Å². The van der Waals surface area contributed by atoms with Crippen LogP contribution in [0.3, 0.4) is 0 Å². The minimum atomic E-state index is -0.209. The number of carbonyl (C=O) groups excluding carboxylic acids is 1. The lowest BCUT2D eigenvalue weighted by Crippen LogP contribution is -2.49. The Labute approximate surface area is 177 Å². The summed E-state index contributed by atoms with van der Waals surface area (Å²) in [6.07, 6.45) is 0. The van der Waals surface area contributed by atoms with E-state index in [1.54, 1.807) is 11.8 Å². The maximum absolute atomic E-state index is 13.5. The predicted octanol–water partition coefficient (Wildman–Crippen LogP) is 4.86. The number of carbonyl (C=O) groups is 1. The van der Waals surface area contributed by atoms with Gasteiger partial charge in [-0.2, -0.15) is 0 Å². The summed E-state index contributed by atoms with van der Waals surface area (Å²) in [5, 5.41) is -0.209. The molecule has 148 valence electrons. The molecule has 0 bridgehead atoms. The van der Waals surface area contributed by atoms with Gasteiger partial charge in [-0.15, -0.1) is 11.8 Å². The molecule has 0 radical (unpaired) electrons. The van der Waals surface area contributed by atoms with Gasteiger partial charge in [0.1, 0.15) is 5.25 Å². The largest absolute Gasteiger partial charge is 0.339 e. The lowest BCUT2D eigenvalue weighted by molar-refractivity contribution is -0.132. The third kappa shape index (κ3) is 5.28. The first-order valence-corrected chi connectivity index (χ1v) is 11.0. The maximum Gasteiger partial charge on any atom is 0.240 e. The van der Waals surface area contributed by atoms with Gasteiger partial charge in [0.25, 0.3) is 0 Å². The molecular formula is C25H26N2OS. The van der Waals surface area contributed by atoms with Gasteiger partial charge in [0.15, 0.2) is 0 Å². The van der Waals surface area contributed by atoms with E-state index in [0.29, 0.717) is 0 Å². The van der Waals surface area contributed by atoms with E-state index in [1.165, 1.54) is 5.56 Å². The molecule has 0 saturated carbocycles. The summed E-state index contributed by atoms with van der Waals surface area (Å²) in [7, 11) is 0. The van der Waals surface area contributed by atoms with Crippen LogP contribution in [-0.4, -0.2) is 41.9 Å². The summed E-state index contributed by atoms with van der Waals surface area (Å²) in [6.45, 7) is 4.34. The van der Waals surface area contributed by atoms with Crippen molar-refractivity contribution in [3.05, 3.63) is 102 Å². The molecule has 0 spiro atoms. The zero-order valence-corrected chi connectivity index (χ0v) is 17.3. The van der Waals surface area contributed by atoms with E-state index in [2.05, 4.69) is 53.4 Å². The first kappa shape index (κ1) is 19.7. The van der Waals surface area contributed by atoms with E-state index in [0.717, 1.165) is 43.2 Å². The van der Waals surface area contributed by atoms with E-state index < -0.39 is 0 Å². The van der Waals surface area contributed by atoms with E-state index in [9.17, 15) is 4.79 Å². The molecule has 3 aromatic carbocycles. The summed E-state index contributed by atoms with van der Waals surface area (Å²) >= 11 is 1.64. The highest BCUT2D eigenvalue weighted by atomic mass is 32.2. The smallest absolute Gasteiger partial charge is 0.240 e. The third-order valence-electron chi connectivity index (χ3n) is 5.26. The number of hydrogen-bond acceptors (Lipinski definition) is 3. The molecule has 1 heterocycles. The molecule has 3 nitrogen and oxygen atoms in total. The van der Waals surface area contributed by atoms with Gasteiger partial charge in [0.05, 0.1) is 0 Å². The van der Waals surface area contributed by atoms with Crippen molar-refractivity contribution in [2.24, 2.45) is 0 Å². The second-order valence-corrected chi connectivity index (χ2v) is 8.49. The second kappa shape index (κ2) is 9.77. The molecule has 4 rings (SSSR count). The average Bonchev–Trinajstić information content (AvgIpc) is 2.79. The standard InChI is InChI=1S/C25H26N2OS/c28-25(27-18-16-26(17-19-27)20-21-10-4-1-5-11-21)24(22-12-6-2-7-13-22)29-23-14-8-3-9-15-23/h1-15,24H,16-20H2/t24-/m1/s1. The van der Waals surface area contributed by atoms with Crippen molar-refractivity contribution in [3.8, 4) is 0 Å². The van der Waals surface area contributed by atoms with Gasteiger partial charge in [-0.25, -0.2) is 0 Å². The number of benzene rings is 3. The van der Waals surface area contributed by atoms with Gasteiger partial charge in [0.2, 0.25) is 5.91 Å². The van der Waals surface area contributed by atoms with Crippen LogP contribution >= 0.6 is 11.8 Å². The normalized spacial score (nSPS) is 15.8. The first-order valence-electron chi connectivity index (χ1n) is 10.1. The van der Waals surface area contributed by atoms with E-state index >= 15 is 0 Å². The van der Waals surface area contributed by atoms with E-state index in [1.807, 2.05) is 47.4 Å². The Bertz CT molecular complexity index is 894. The maximum atomic E-state index is 13.5. The van der Waals surface area contributed by atoms with Crippen molar-refractivity contribution in [2.75, 3.05) is 26.2 Å². The fraction of sp³-hybridized carbons (Fsp3) is 0.240. The Morgan fingerprint density at radius 3 is 1.93 bits per heavy atom. The van der Waals surface area contributed by atoms with E-state index in [4.69, 9.17) is 0 Å². The first-order chi connectivity index (χ1) is 14.3. The summed E-state index contributed by atoms with van der Waals surface area (Å²) in [5.74, 6) is 0.212. The van der Waals surface area contributed by atoms with Gasteiger partial charge < -0.3 is 4.90 Å². The molecule has 1 fully saturated rings. The molecule has 0 N–H and O–H groups in total. The molecule has 1 aliphatic heterocycles. The number of amides is 1. The SMILES string of the molecule is O=C([C@H](Sc1ccccc1)c1ccccc1)N1CCN(Cc2ccccc2)CC1. The van der Waals surface area contributed by atoms with Gasteiger partial charge in [-0.1, -0.05) is 78.9 Å². The van der Waals surface area contributed by atoms with Crippen molar-refractivity contribution in [2.45, 2.75) is 16.7 Å². The van der Waals surface area contributed by atoms with Crippen LogP contribution in [0.2, 0.25) is 0 Å². The number of thioether (sulfide) groups is 1. The number of rotatable bonds is 6. The zero-order valence-electron chi connectivity index (χ0n) is 16.5. The van der Waals surface area contributed by atoms with Crippen LogP contribution in [0.1, 0.15) is 16.4 Å². The topological polar surface area (TPSA) is 23.6 Å². The summed E-state index contributed by atoms with van der Waals surface area (Å²) in [6, 6.07) is 30.9.